The maximum absolute atomic E-state index is 10.9. The van der Waals surface area contributed by atoms with Crippen LogP contribution in [0.2, 0.25) is 0 Å². The molecule has 19 heavy (non-hydrogen) atoms. The number of rotatable bonds is 3. The first kappa shape index (κ1) is 13.7. The number of nitrogens with two attached hydrogens (primary N) is 1. The Balaban J connectivity index is 2.08. The van der Waals surface area contributed by atoms with Gasteiger partial charge in [-0.15, -0.1) is 0 Å². The van der Waals surface area contributed by atoms with Crippen molar-refractivity contribution in [3.63, 3.8) is 0 Å². The Hall–Kier alpha value is -1.75. The second kappa shape index (κ2) is 5.48. The molecule has 104 valence electrons. The van der Waals surface area contributed by atoms with Gasteiger partial charge in [-0.2, -0.15) is 0 Å². The fraction of sp³-hybridized carbons (Fsp3) is 0.500. The molecular formula is C14H21N3O2. The maximum Gasteiger partial charge on any atom is 0.337 e. The zero-order chi connectivity index (χ0) is 14.0. The molecule has 0 atom stereocenters. The van der Waals surface area contributed by atoms with Crippen LogP contribution in [0.15, 0.2) is 18.2 Å². The lowest BCUT2D eigenvalue weighted by molar-refractivity contribution is 0.0698. The molecule has 0 radical (unpaired) electrons. The molecule has 1 saturated heterocycles. The highest BCUT2D eigenvalue weighted by Gasteiger charge is 2.21. The van der Waals surface area contributed by atoms with Gasteiger partial charge in [0.2, 0.25) is 0 Å². The lowest BCUT2D eigenvalue weighted by Gasteiger charge is -2.36. The summed E-state index contributed by atoms with van der Waals surface area (Å²) in [6.07, 6.45) is 2.24. The molecule has 1 fully saturated rings. The molecular weight excluding hydrogens is 242 g/mol. The third-order valence-electron chi connectivity index (χ3n) is 3.83. The van der Waals surface area contributed by atoms with Crippen LogP contribution < -0.4 is 10.6 Å². The van der Waals surface area contributed by atoms with E-state index in [0.717, 1.165) is 31.6 Å². The predicted octanol–water partition coefficient (Wildman–Crippen LogP) is 1.50. The second-order valence-corrected chi connectivity index (χ2v) is 5.26. The summed E-state index contributed by atoms with van der Waals surface area (Å²) < 4.78 is 0. The minimum Gasteiger partial charge on any atom is -0.478 e. The highest BCUT2D eigenvalue weighted by molar-refractivity contribution is 5.94. The fourth-order valence-corrected chi connectivity index (χ4v) is 2.58. The van der Waals surface area contributed by atoms with E-state index in [-0.39, 0.29) is 5.56 Å². The number of piperidine rings is 1. The smallest absolute Gasteiger partial charge is 0.337 e. The minimum absolute atomic E-state index is 0.173. The van der Waals surface area contributed by atoms with Crippen molar-refractivity contribution in [1.29, 1.82) is 0 Å². The van der Waals surface area contributed by atoms with Gasteiger partial charge in [-0.3, -0.25) is 0 Å². The van der Waals surface area contributed by atoms with Crippen molar-refractivity contribution >= 4 is 17.3 Å². The zero-order valence-electron chi connectivity index (χ0n) is 11.5. The summed E-state index contributed by atoms with van der Waals surface area (Å²) in [6, 6.07) is 5.83. The van der Waals surface area contributed by atoms with E-state index in [1.165, 1.54) is 0 Å². The highest BCUT2D eigenvalue weighted by atomic mass is 16.4. The highest BCUT2D eigenvalue weighted by Crippen LogP contribution is 2.25. The van der Waals surface area contributed by atoms with E-state index < -0.39 is 5.97 Å². The largest absolute Gasteiger partial charge is 0.478 e. The van der Waals surface area contributed by atoms with Gasteiger partial charge in [0.15, 0.2) is 0 Å². The number of aromatic carboxylic acids is 1. The Morgan fingerprint density at radius 1 is 1.37 bits per heavy atom. The Morgan fingerprint density at radius 3 is 2.47 bits per heavy atom. The first-order chi connectivity index (χ1) is 8.99. The third kappa shape index (κ3) is 2.98. The standard InChI is InChI=1S/C14H21N3O2/c1-16(2)10-5-7-17(8-6-10)11-3-4-12(14(18)19)13(15)9-11/h3-4,9-10H,5-8,15H2,1-2H3,(H,18,19). The number of anilines is 2. The van der Waals surface area contributed by atoms with Crippen molar-refractivity contribution in [2.45, 2.75) is 18.9 Å². The monoisotopic (exact) mass is 263 g/mol. The number of carboxylic acid groups (broad SMARTS) is 1. The van der Waals surface area contributed by atoms with Crippen LogP contribution in [-0.2, 0) is 0 Å². The van der Waals surface area contributed by atoms with Crippen molar-refractivity contribution < 1.29 is 9.90 Å². The summed E-state index contributed by atoms with van der Waals surface area (Å²) in [5.41, 5.74) is 7.31. The Bertz CT molecular complexity index is 466. The van der Waals surface area contributed by atoms with Crippen molar-refractivity contribution in [3.8, 4) is 0 Å². The Labute approximate surface area is 113 Å². The van der Waals surface area contributed by atoms with Crippen molar-refractivity contribution in [2.24, 2.45) is 0 Å². The van der Waals surface area contributed by atoms with Gasteiger partial charge in [0.1, 0.15) is 0 Å². The van der Waals surface area contributed by atoms with Crippen LogP contribution in [0, 0.1) is 0 Å². The summed E-state index contributed by atoms with van der Waals surface area (Å²) in [7, 11) is 4.22. The SMILES string of the molecule is CN(C)C1CCN(c2ccc(C(=O)O)c(N)c2)CC1. The van der Waals surface area contributed by atoms with Crippen LogP contribution in [0.5, 0.6) is 0 Å². The lowest BCUT2D eigenvalue weighted by atomic mass is 10.0. The molecule has 0 bridgehead atoms. The summed E-state index contributed by atoms with van der Waals surface area (Å²) >= 11 is 0. The topological polar surface area (TPSA) is 69.8 Å². The van der Waals surface area contributed by atoms with Crippen molar-refractivity contribution in [2.75, 3.05) is 37.8 Å². The predicted molar refractivity (Wildman–Crippen MR) is 76.7 cm³/mol. The van der Waals surface area contributed by atoms with E-state index in [2.05, 4.69) is 23.9 Å². The van der Waals surface area contributed by atoms with E-state index >= 15 is 0 Å². The molecule has 0 spiro atoms. The second-order valence-electron chi connectivity index (χ2n) is 5.26. The number of nitrogen functional groups attached to an aromatic ring is 1. The van der Waals surface area contributed by atoms with Gasteiger partial charge in [-0.25, -0.2) is 4.79 Å². The molecule has 0 amide bonds. The average molecular weight is 263 g/mol. The average Bonchev–Trinajstić information content (AvgIpc) is 2.38. The number of hydrogen-bond acceptors (Lipinski definition) is 4. The van der Waals surface area contributed by atoms with E-state index in [0.29, 0.717) is 11.7 Å². The van der Waals surface area contributed by atoms with Crippen LogP contribution >= 0.6 is 0 Å². The summed E-state index contributed by atoms with van der Waals surface area (Å²) in [5.74, 6) is -0.977. The summed E-state index contributed by atoms with van der Waals surface area (Å²) in [5, 5.41) is 8.96. The van der Waals surface area contributed by atoms with E-state index in [1.807, 2.05) is 6.07 Å². The van der Waals surface area contributed by atoms with Crippen LogP contribution in [0.25, 0.3) is 0 Å². The maximum atomic E-state index is 10.9. The molecule has 0 aliphatic carbocycles. The van der Waals surface area contributed by atoms with Crippen molar-refractivity contribution in [3.05, 3.63) is 23.8 Å². The molecule has 1 aromatic rings. The number of benzene rings is 1. The Morgan fingerprint density at radius 2 is 2.00 bits per heavy atom. The third-order valence-corrected chi connectivity index (χ3v) is 3.83. The summed E-state index contributed by atoms with van der Waals surface area (Å²) in [6.45, 7) is 1.96. The quantitative estimate of drug-likeness (QED) is 0.809. The first-order valence-electron chi connectivity index (χ1n) is 6.53. The minimum atomic E-state index is -0.977. The van der Waals surface area contributed by atoms with Crippen LogP contribution in [0.4, 0.5) is 11.4 Å². The summed E-state index contributed by atoms with van der Waals surface area (Å²) in [4.78, 5) is 15.5. The zero-order valence-corrected chi connectivity index (χ0v) is 11.5. The van der Waals surface area contributed by atoms with Gasteiger partial charge in [-0.1, -0.05) is 0 Å². The van der Waals surface area contributed by atoms with E-state index in [4.69, 9.17) is 10.8 Å². The number of hydrogen-bond donors (Lipinski definition) is 2. The van der Waals surface area contributed by atoms with Gasteiger partial charge < -0.3 is 20.6 Å². The molecule has 0 aromatic heterocycles. The molecule has 5 nitrogen and oxygen atoms in total. The molecule has 3 N–H and O–H groups in total. The van der Waals surface area contributed by atoms with Gasteiger partial charge in [-0.05, 0) is 45.1 Å². The normalized spacial score (nSPS) is 16.9. The van der Waals surface area contributed by atoms with Crippen LogP contribution in [0.3, 0.4) is 0 Å². The van der Waals surface area contributed by atoms with Gasteiger partial charge in [0.25, 0.3) is 0 Å². The number of carboxylic acids is 1. The molecule has 0 saturated carbocycles. The number of nitrogens with zero attached hydrogens (tertiary/aromatic N) is 2. The fourth-order valence-electron chi connectivity index (χ4n) is 2.58. The van der Waals surface area contributed by atoms with E-state index in [1.54, 1.807) is 12.1 Å². The molecule has 1 aromatic carbocycles. The van der Waals surface area contributed by atoms with Gasteiger partial charge in [0.05, 0.1) is 5.56 Å². The first-order valence-corrected chi connectivity index (χ1v) is 6.53. The lowest BCUT2D eigenvalue weighted by Crippen LogP contribution is -2.42. The molecule has 1 aliphatic rings. The Kier molecular flexibility index (Phi) is 3.95. The number of carbonyl (C=O) groups is 1. The molecule has 1 heterocycles. The molecule has 2 rings (SSSR count). The molecule has 0 unspecified atom stereocenters. The van der Waals surface area contributed by atoms with E-state index in [9.17, 15) is 4.79 Å². The molecule has 5 heteroatoms. The van der Waals surface area contributed by atoms with Gasteiger partial charge >= 0.3 is 5.97 Å². The molecule has 1 aliphatic heterocycles. The van der Waals surface area contributed by atoms with Crippen molar-refractivity contribution in [1.82, 2.24) is 4.90 Å². The van der Waals surface area contributed by atoms with Crippen LogP contribution in [0.1, 0.15) is 23.2 Å². The van der Waals surface area contributed by atoms with Crippen LogP contribution in [-0.4, -0.2) is 49.2 Å². The van der Waals surface area contributed by atoms with Gasteiger partial charge in [0, 0.05) is 30.5 Å².